The van der Waals surface area contributed by atoms with Crippen LogP contribution in [0.3, 0.4) is 0 Å². The minimum atomic E-state index is -2.24. The normalized spacial score (nSPS) is 43.6. The van der Waals surface area contributed by atoms with E-state index in [0.29, 0.717) is 9.75 Å². The number of piperidine rings is 1. The third-order valence-corrected chi connectivity index (χ3v) is 7.82. The van der Waals surface area contributed by atoms with Crippen LogP contribution in [0, 0.1) is 0 Å². The van der Waals surface area contributed by atoms with Gasteiger partial charge in [-0.05, 0) is 22.9 Å². The lowest BCUT2D eigenvalue weighted by Crippen LogP contribution is -2.60. The minimum Gasteiger partial charge on any atom is -0.459 e. The highest BCUT2D eigenvalue weighted by Gasteiger charge is 2.71. The third-order valence-electron chi connectivity index (χ3n) is 5.86. The van der Waals surface area contributed by atoms with Crippen molar-refractivity contribution in [2.45, 2.75) is 48.8 Å². The zero-order valence-electron chi connectivity index (χ0n) is 18.1. The molecule has 3 saturated heterocycles. The minimum absolute atomic E-state index is 0.0518. The van der Waals surface area contributed by atoms with E-state index in [1.807, 2.05) is 0 Å². The second-order valence-corrected chi connectivity index (χ2v) is 9.24. The first-order valence-electron chi connectivity index (χ1n) is 10.6. The number of quaternary nitrogens is 1. The zero-order valence-corrected chi connectivity index (χ0v) is 15.8. The van der Waals surface area contributed by atoms with Gasteiger partial charge in [-0.15, -0.1) is 22.7 Å². The summed E-state index contributed by atoms with van der Waals surface area (Å²) in [4.78, 5) is 14.1. The molecule has 5 nitrogen and oxygen atoms in total. The highest BCUT2D eigenvalue weighted by atomic mass is 32.1. The van der Waals surface area contributed by atoms with Crippen LogP contribution in [-0.2, 0) is 19.9 Å². The van der Waals surface area contributed by atoms with E-state index in [-0.39, 0.29) is 29.5 Å². The number of carbonyl (C=O) groups excluding carboxylic acids is 1. The van der Waals surface area contributed by atoms with Crippen molar-refractivity contribution in [2.75, 3.05) is 14.0 Å². The summed E-state index contributed by atoms with van der Waals surface area (Å²) in [5.41, 5.74) is -1.99. The van der Waals surface area contributed by atoms with Crippen molar-refractivity contribution in [1.82, 2.24) is 0 Å². The lowest BCUT2D eigenvalue weighted by Gasteiger charge is -2.45. The van der Waals surface area contributed by atoms with Crippen molar-refractivity contribution < 1.29 is 29.3 Å². The molecule has 0 saturated carbocycles. The van der Waals surface area contributed by atoms with Gasteiger partial charge >= 0.3 is 5.97 Å². The summed E-state index contributed by atoms with van der Waals surface area (Å²) in [6.07, 6.45) is -1.96. The van der Waals surface area contributed by atoms with Crippen molar-refractivity contribution in [3.63, 3.8) is 0 Å². The fourth-order valence-electron chi connectivity index (χ4n) is 4.35. The number of carbonyl (C=O) groups is 1. The van der Waals surface area contributed by atoms with Gasteiger partial charge in [-0.25, -0.2) is 4.79 Å². The molecule has 2 aromatic heterocycles. The van der Waals surface area contributed by atoms with Gasteiger partial charge < -0.3 is 19.1 Å². The predicted molar refractivity (Wildman–Crippen MR) is 99.1 cm³/mol. The quantitative estimate of drug-likeness (QED) is 0.490. The van der Waals surface area contributed by atoms with E-state index in [1.54, 1.807) is 42.1 Å². The maximum atomic E-state index is 13.3. The number of rotatable bonds is 4. The van der Waals surface area contributed by atoms with Crippen molar-refractivity contribution in [1.29, 1.82) is 0 Å². The van der Waals surface area contributed by atoms with Crippen LogP contribution in [-0.4, -0.2) is 60.0 Å². The van der Waals surface area contributed by atoms with Gasteiger partial charge in [0, 0.05) is 12.8 Å². The summed E-state index contributed by atoms with van der Waals surface area (Å²) in [5.74, 6) is -0.902. The lowest BCUT2D eigenvalue weighted by atomic mass is 9.95. The summed E-state index contributed by atoms with van der Waals surface area (Å²) in [6.45, 7) is -2.24. The Balaban J connectivity index is 1.45. The first-order valence-corrected chi connectivity index (χ1v) is 10.3. The second-order valence-electron chi connectivity index (χ2n) is 7.35. The van der Waals surface area contributed by atoms with Crippen LogP contribution in [0.2, 0.25) is 0 Å². The van der Waals surface area contributed by atoms with Crippen molar-refractivity contribution in [3.05, 3.63) is 44.8 Å². The number of fused-ring (bicyclic) bond motifs is 5. The number of nitrogens with zero attached hydrogens (tertiary/aromatic N) is 1. The Morgan fingerprint density at radius 3 is 2.35 bits per heavy atom. The summed E-state index contributed by atoms with van der Waals surface area (Å²) in [7, 11) is 1.69. The summed E-state index contributed by atoms with van der Waals surface area (Å²) in [6, 6.07) is 5.91. The molecule has 2 bridgehead atoms. The van der Waals surface area contributed by atoms with Crippen LogP contribution in [0.1, 0.15) is 28.1 Å². The molecule has 0 amide bonds. The number of thiophene rings is 2. The zero-order chi connectivity index (χ0) is 21.5. The topological polar surface area (TPSA) is 59.1 Å². The van der Waals surface area contributed by atoms with E-state index in [1.165, 1.54) is 22.7 Å². The molecule has 0 aliphatic carbocycles. The number of esters is 1. The van der Waals surface area contributed by atoms with E-state index in [2.05, 4.69) is 0 Å². The molecule has 4 unspecified atom stereocenters. The molecule has 2 aromatic rings. The first-order chi connectivity index (χ1) is 14.0. The molecule has 0 spiro atoms. The SMILES string of the molecule is [2H]C1(OC(=O)C(O)(c2cccs2)c2cccs2)CC2C3OC3C(C1)[N+]2(C)C([2H])([2H])[2H]. The Morgan fingerprint density at radius 2 is 1.88 bits per heavy atom. The number of hydrogen-bond donors (Lipinski definition) is 1. The maximum Gasteiger partial charge on any atom is 0.349 e. The molecule has 7 heteroatoms. The Hall–Kier alpha value is -1.25. The number of epoxide rings is 1. The lowest BCUT2D eigenvalue weighted by molar-refractivity contribution is -0.938. The highest BCUT2D eigenvalue weighted by molar-refractivity contribution is 7.12. The summed E-state index contributed by atoms with van der Waals surface area (Å²) < 4.78 is 44.2. The number of likely N-dealkylation sites (N-methyl/N-ethyl adjacent to an activating group) is 1. The van der Waals surface area contributed by atoms with Gasteiger partial charge in [-0.3, -0.25) is 0 Å². The first kappa shape index (κ1) is 13.0. The van der Waals surface area contributed by atoms with Crippen LogP contribution >= 0.6 is 22.7 Å². The molecular formula is C19H22NO4S2+. The fourth-order valence-corrected chi connectivity index (χ4v) is 6.07. The number of hydrogen-bond acceptors (Lipinski definition) is 6. The van der Waals surface area contributed by atoms with E-state index < -0.39 is 36.7 Å². The van der Waals surface area contributed by atoms with Crippen LogP contribution in [0.25, 0.3) is 0 Å². The van der Waals surface area contributed by atoms with Crippen molar-refractivity contribution in [3.8, 4) is 0 Å². The summed E-state index contributed by atoms with van der Waals surface area (Å²) in [5, 5.41) is 15.0. The molecule has 3 aliphatic rings. The summed E-state index contributed by atoms with van der Waals surface area (Å²) >= 11 is 2.48. The highest BCUT2D eigenvalue weighted by Crippen LogP contribution is 2.52. The van der Waals surface area contributed by atoms with Crippen LogP contribution in [0.4, 0.5) is 0 Å². The fraction of sp³-hybridized carbons (Fsp3) is 0.526. The van der Waals surface area contributed by atoms with Gasteiger partial charge in [0.2, 0.25) is 5.60 Å². The Morgan fingerprint density at radius 1 is 1.31 bits per heavy atom. The number of morpholine rings is 1. The number of aliphatic hydroxyl groups is 1. The van der Waals surface area contributed by atoms with E-state index >= 15 is 0 Å². The third kappa shape index (κ3) is 2.28. The van der Waals surface area contributed by atoms with Gasteiger partial charge in [0.25, 0.3) is 0 Å². The molecule has 1 N–H and O–H groups in total. The molecule has 5 heterocycles. The largest absolute Gasteiger partial charge is 0.459 e. The van der Waals surface area contributed by atoms with Gasteiger partial charge in [0.05, 0.1) is 29.3 Å². The van der Waals surface area contributed by atoms with Crippen LogP contribution in [0.15, 0.2) is 35.0 Å². The average molecular weight is 397 g/mol. The maximum absolute atomic E-state index is 13.3. The van der Waals surface area contributed by atoms with E-state index in [4.69, 9.17) is 15.0 Å². The van der Waals surface area contributed by atoms with Crippen LogP contribution in [0.5, 0.6) is 0 Å². The van der Waals surface area contributed by atoms with Gasteiger partial charge in [-0.1, -0.05) is 12.1 Å². The number of ether oxygens (including phenoxy) is 2. The molecule has 0 aromatic carbocycles. The molecule has 138 valence electrons. The monoisotopic (exact) mass is 396 g/mol. The second kappa shape index (κ2) is 5.62. The molecular weight excluding hydrogens is 370 g/mol. The Bertz CT molecular complexity index is 910. The molecule has 26 heavy (non-hydrogen) atoms. The predicted octanol–water partition coefficient (Wildman–Crippen LogP) is 2.35. The Labute approximate surface area is 166 Å². The van der Waals surface area contributed by atoms with Crippen molar-refractivity contribution in [2.24, 2.45) is 0 Å². The van der Waals surface area contributed by atoms with E-state index in [9.17, 15) is 9.90 Å². The van der Waals surface area contributed by atoms with E-state index in [0.717, 1.165) is 0 Å². The van der Waals surface area contributed by atoms with Gasteiger partial charge in [0.15, 0.2) is 0 Å². The van der Waals surface area contributed by atoms with Crippen molar-refractivity contribution >= 4 is 28.6 Å². The average Bonchev–Trinajstić information content (AvgIpc) is 3.04. The Kier molecular flexibility index (Phi) is 2.82. The molecule has 4 atom stereocenters. The van der Waals surface area contributed by atoms with Crippen LogP contribution < -0.4 is 0 Å². The molecule has 5 rings (SSSR count). The smallest absolute Gasteiger partial charge is 0.349 e. The molecule has 0 radical (unpaired) electrons. The molecule has 3 fully saturated rings. The standard InChI is InChI=1S/C19H22NO4S2/c1-20(2)12-9-11(10-13(20)17-16(12)24-17)23-18(21)19(22,14-5-3-7-25-14)15-6-4-8-26-15/h3-8,11-13,16-17,22H,9-10H2,1-2H3/q+1/i1D3,11D. The van der Waals surface area contributed by atoms with Gasteiger partial charge in [-0.2, -0.15) is 0 Å². The van der Waals surface area contributed by atoms with Gasteiger partial charge in [0.1, 0.15) is 30.4 Å². The molecule has 3 aliphatic heterocycles.